The Morgan fingerprint density at radius 2 is 1.83 bits per heavy atom. The molecule has 1 fully saturated rings. The van der Waals surface area contributed by atoms with E-state index in [0.717, 1.165) is 37.6 Å². The lowest BCUT2D eigenvalue weighted by molar-refractivity contribution is -0.136. The minimum Gasteiger partial charge on any atom is -0.493 e. The monoisotopic (exact) mass is 573 g/mol. The van der Waals surface area contributed by atoms with Gasteiger partial charge in [-0.05, 0) is 73.8 Å². The molecule has 1 aliphatic rings. The van der Waals surface area contributed by atoms with Crippen molar-refractivity contribution >= 4 is 34.1 Å². The zero-order chi connectivity index (χ0) is 29.5. The Labute approximate surface area is 242 Å². The zero-order valence-electron chi connectivity index (χ0n) is 23.1. The summed E-state index contributed by atoms with van der Waals surface area (Å²) in [4.78, 5) is 29.0. The Bertz CT molecular complexity index is 1590. The van der Waals surface area contributed by atoms with E-state index in [4.69, 9.17) is 19.9 Å². The summed E-state index contributed by atoms with van der Waals surface area (Å²) in [5, 5.41) is 8.86. The number of carbonyl (C=O) groups excluding carboxylic acids is 2. The summed E-state index contributed by atoms with van der Waals surface area (Å²) in [6, 6.07) is 16.0. The minimum absolute atomic E-state index is 0.0724. The van der Waals surface area contributed by atoms with E-state index < -0.39 is 17.6 Å². The van der Waals surface area contributed by atoms with Gasteiger partial charge in [-0.2, -0.15) is 0 Å². The molecule has 218 valence electrons. The van der Waals surface area contributed by atoms with Gasteiger partial charge >= 0.3 is 11.8 Å². The van der Waals surface area contributed by atoms with E-state index in [2.05, 4.69) is 20.9 Å². The van der Waals surface area contributed by atoms with E-state index in [0.29, 0.717) is 46.4 Å². The highest BCUT2D eigenvalue weighted by Crippen LogP contribution is 2.38. The molecule has 1 aliphatic heterocycles. The van der Waals surface area contributed by atoms with Crippen LogP contribution in [0, 0.1) is 11.7 Å². The van der Waals surface area contributed by atoms with Crippen molar-refractivity contribution in [3.63, 3.8) is 0 Å². The highest BCUT2D eigenvalue weighted by atomic mass is 19.1. The lowest BCUT2D eigenvalue weighted by atomic mass is 9.99. The molecule has 2 heterocycles. The van der Waals surface area contributed by atoms with E-state index in [1.807, 2.05) is 0 Å². The summed E-state index contributed by atoms with van der Waals surface area (Å²) in [5.74, 6) is -0.679. The number of piperidine rings is 1. The number of amides is 2. The van der Waals surface area contributed by atoms with Crippen molar-refractivity contribution in [2.75, 3.05) is 37.9 Å². The first-order valence-corrected chi connectivity index (χ1v) is 13.6. The fraction of sp³-hybridized carbons (Fsp3) is 0.258. The standard InChI is InChI=1S/C31H32FN5O5/c1-40-28-15-23-25(16-29(28)41-18-19-7-10-34-11-8-19)35-12-9-26(23)42-27-6-5-22(14-24(27)32)37-31(39)30(38)36-17-20-3-2-4-21(33)13-20/h2-6,9,12-16,19,34H,7-8,10-11,17-18,33H2,1H3,(H,36,38)(H,37,39). The highest BCUT2D eigenvalue weighted by molar-refractivity contribution is 6.39. The van der Waals surface area contributed by atoms with Gasteiger partial charge in [-0.3, -0.25) is 14.6 Å². The summed E-state index contributed by atoms with van der Waals surface area (Å²) in [7, 11) is 1.56. The maximum absolute atomic E-state index is 15.0. The number of aromatic nitrogens is 1. The van der Waals surface area contributed by atoms with Crippen LogP contribution in [0.1, 0.15) is 18.4 Å². The predicted octanol–water partition coefficient (Wildman–Crippen LogP) is 4.39. The number of methoxy groups -OCH3 is 1. The van der Waals surface area contributed by atoms with Crippen LogP contribution in [0.15, 0.2) is 66.9 Å². The number of nitrogens with one attached hydrogen (secondary N) is 3. The smallest absolute Gasteiger partial charge is 0.313 e. The minimum atomic E-state index is -0.933. The molecule has 0 aliphatic carbocycles. The normalized spacial score (nSPS) is 13.4. The predicted molar refractivity (Wildman–Crippen MR) is 157 cm³/mol. The van der Waals surface area contributed by atoms with E-state index >= 15 is 4.39 Å². The van der Waals surface area contributed by atoms with Crippen molar-refractivity contribution in [3.8, 4) is 23.0 Å². The molecule has 11 heteroatoms. The van der Waals surface area contributed by atoms with E-state index in [-0.39, 0.29) is 18.0 Å². The van der Waals surface area contributed by atoms with Crippen molar-refractivity contribution in [1.29, 1.82) is 0 Å². The van der Waals surface area contributed by atoms with Gasteiger partial charge in [0.05, 0.1) is 19.2 Å². The third-order valence-electron chi connectivity index (χ3n) is 6.94. The lowest BCUT2D eigenvalue weighted by Gasteiger charge is -2.23. The van der Waals surface area contributed by atoms with Crippen LogP contribution in [0.4, 0.5) is 15.8 Å². The number of anilines is 2. The average molecular weight is 574 g/mol. The zero-order valence-corrected chi connectivity index (χ0v) is 23.1. The molecule has 42 heavy (non-hydrogen) atoms. The number of pyridine rings is 1. The molecular formula is C31H32FN5O5. The number of fused-ring (bicyclic) bond motifs is 1. The Morgan fingerprint density at radius 1 is 1.00 bits per heavy atom. The van der Waals surface area contributed by atoms with E-state index in [1.165, 1.54) is 12.1 Å². The summed E-state index contributed by atoms with van der Waals surface area (Å²) in [5.41, 5.74) is 7.71. The molecule has 3 aromatic carbocycles. The van der Waals surface area contributed by atoms with Crippen LogP contribution in [0.2, 0.25) is 0 Å². The summed E-state index contributed by atoms with van der Waals surface area (Å²) < 4.78 is 32.6. The van der Waals surface area contributed by atoms with E-state index in [1.54, 1.807) is 55.8 Å². The molecule has 4 aromatic rings. The van der Waals surface area contributed by atoms with Crippen molar-refractivity contribution in [2.45, 2.75) is 19.4 Å². The SMILES string of the molecule is COc1cc2c(Oc3ccc(NC(=O)C(=O)NCc4cccc(N)c4)cc3F)ccnc2cc1OCC1CCNCC1. The number of halogens is 1. The molecule has 1 saturated heterocycles. The number of nitrogens with two attached hydrogens (primary N) is 1. The number of hydrogen-bond acceptors (Lipinski definition) is 8. The van der Waals surface area contributed by atoms with Crippen LogP contribution in [-0.4, -0.2) is 43.6 Å². The number of rotatable bonds is 9. The van der Waals surface area contributed by atoms with Gasteiger partial charge in [0.1, 0.15) is 5.75 Å². The van der Waals surface area contributed by atoms with Crippen LogP contribution >= 0.6 is 0 Å². The molecule has 1 aromatic heterocycles. The van der Waals surface area contributed by atoms with Crippen molar-refractivity contribution in [1.82, 2.24) is 15.6 Å². The van der Waals surface area contributed by atoms with Crippen molar-refractivity contribution < 1.29 is 28.2 Å². The Balaban J connectivity index is 1.25. The van der Waals surface area contributed by atoms with Crippen LogP contribution in [0.25, 0.3) is 10.9 Å². The topological polar surface area (TPSA) is 137 Å². The first-order valence-electron chi connectivity index (χ1n) is 13.6. The molecular weight excluding hydrogens is 541 g/mol. The number of ether oxygens (including phenoxy) is 3. The molecule has 10 nitrogen and oxygen atoms in total. The number of hydrogen-bond donors (Lipinski definition) is 4. The largest absolute Gasteiger partial charge is 0.493 e. The van der Waals surface area contributed by atoms with Crippen LogP contribution in [0.5, 0.6) is 23.0 Å². The van der Waals surface area contributed by atoms with Crippen LogP contribution < -0.4 is 35.9 Å². The second-order valence-electron chi connectivity index (χ2n) is 9.96. The Morgan fingerprint density at radius 3 is 2.60 bits per heavy atom. The number of nitrogens with zero attached hydrogens (tertiary/aromatic N) is 1. The Kier molecular flexibility index (Phi) is 8.98. The fourth-order valence-electron chi connectivity index (χ4n) is 4.68. The quantitative estimate of drug-likeness (QED) is 0.171. The van der Waals surface area contributed by atoms with Gasteiger partial charge in [0.15, 0.2) is 23.1 Å². The molecule has 0 atom stereocenters. The summed E-state index contributed by atoms with van der Waals surface area (Å²) >= 11 is 0. The second-order valence-corrected chi connectivity index (χ2v) is 9.96. The van der Waals surface area contributed by atoms with Gasteiger partial charge in [0.2, 0.25) is 0 Å². The van der Waals surface area contributed by atoms with Gasteiger partial charge in [-0.1, -0.05) is 12.1 Å². The van der Waals surface area contributed by atoms with Gasteiger partial charge < -0.3 is 35.9 Å². The molecule has 5 rings (SSSR count). The fourth-order valence-corrected chi connectivity index (χ4v) is 4.68. The molecule has 5 N–H and O–H groups in total. The summed E-state index contributed by atoms with van der Waals surface area (Å²) in [6.07, 6.45) is 3.67. The number of benzene rings is 3. The maximum atomic E-state index is 15.0. The molecule has 0 bridgehead atoms. The highest BCUT2D eigenvalue weighted by Gasteiger charge is 2.18. The first kappa shape index (κ1) is 28.6. The molecule has 0 radical (unpaired) electrons. The van der Waals surface area contributed by atoms with Gasteiger partial charge in [-0.15, -0.1) is 0 Å². The molecule has 0 unspecified atom stereocenters. The van der Waals surface area contributed by atoms with Crippen molar-refractivity contribution in [2.24, 2.45) is 5.92 Å². The van der Waals surface area contributed by atoms with Crippen LogP contribution in [0.3, 0.4) is 0 Å². The third-order valence-corrected chi connectivity index (χ3v) is 6.94. The molecule has 0 spiro atoms. The number of nitrogen functional groups attached to an aromatic ring is 1. The van der Waals surface area contributed by atoms with Gasteiger partial charge in [-0.25, -0.2) is 4.39 Å². The first-order chi connectivity index (χ1) is 20.4. The molecule has 0 saturated carbocycles. The third kappa shape index (κ3) is 7.05. The van der Waals surface area contributed by atoms with Crippen molar-refractivity contribution in [3.05, 3.63) is 78.2 Å². The average Bonchev–Trinajstić information content (AvgIpc) is 3.00. The number of carbonyl (C=O) groups is 2. The van der Waals surface area contributed by atoms with Gasteiger partial charge in [0.25, 0.3) is 0 Å². The van der Waals surface area contributed by atoms with Crippen LogP contribution in [-0.2, 0) is 16.1 Å². The summed E-state index contributed by atoms with van der Waals surface area (Å²) in [6.45, 7) is 2.66. The maximum Gasteiger partial charge on any atom is 0.313 e. The molecule has 2 amide bonds. The Hall–Kier alpha value is -4.90. The second kappa shape index (κ2) is 13.2. The lowest BCUT2D eigenvalue weighted by Crippen LogP contribution is -2.35. The van der Waals surface area contributed by atoms with E-state index in [9.17, 15) is 9.59 Å². The van der Waals surface area contributed by atoms with Gasteiger partial charge in [0, 0.05) is 41.6 Å².